The van der Waals surface area contributed by atoms with Gasteiger partial charge in [-0.05, 0) is 30.7 Å². The van der Waals surface area contributed by atoms with Gasteiger partial charge in [0.2, 0.25) is 0 Å². The van der Waals surface area contributed by atoms with Gasteiger partial charge in [-0.3, -0.25) is 4.55 Å². The molecule has 5 heteroatoms. The van der Waals surface area contributed by atoms with Crippen molar-refractivity contribution in [1.82, 2.24) is 5.32 Å². The van der Waals surface area contributed by atoms with Crippen LogP contribution in [0.4, 0.5) is 0 Å². The lowest BCUT2D eigenvalue weighted by Gasteiger charge is -2.35. The highest BCUT2D eigenvalue weighted by Gasteiger charge is 2.27. The number of hydrogen-bond acceptors (Lipinski definition) is 3. The minimum atomic E-state index is -3.84. The van der Waals surface area contributed by atoms with Crippen LogP contribution in [0.3, 0.4) is 0 Å². The maximum atomic E-state index is 10.7. The molecule has 2 N–H and O–H groups in total. The van der Waals surface area contributed by atoms with E-state index in [2.05, 4.69) is 19.2 Å². The minimum absolute atomic E-state index is 0.0468. The van der Waals surface area contributed by atoms with Gasteiger partial charge in [0.25, 0.3) is 10.1 Å². The quantitative estimate of drug-likeness (QED) is 0.744. The Morgan fingerprint density at radius 2 is 2.00 bits per heavy atom. The van der Waals surface area contributed by atoms with Crippen molar-refractivity contribution in [3.8, 4) is 0 Å². The van der Waals surface area contributed by atoms with Crippen LogP contribution in [-0.2, 0) is 10.1 Å². The van der Waals surface area contributed by atoms with E-state index in [4.69, 9.17) is 4.55 Å². The molecular formula is C12H25NO3S. The minimum Gasteiger partial charge on any atom is -0.313 e. The molecule has 0 bridgehead atoms. The van der Waals surface area contributed by atoms with Crippen LogP contribution in [0.1, 0.15) is 40.0 Å². The van der Waals surface area contributed by atoms with Gasteiger partial charge in [0.15, 0.2) is 0 Å². The summed E-state index contributed by atoms with van der Waals surface area (Å²) >= 11 is 0. The van der Waals surface area contributed by atoms with Gasteiger partial charge < -0.3 is 5.32 Å². The molecule has 0 heterocycles. The average molecular weight is 263 g/mol. The van der Waals surface area contributed by atoms with Crippen molar-refractivity contribution in [3.63, 3.8) is 0 Å². The second-order valence-corrected chi connectivity index (χ2v) is 7.13. The monoisotopic (exact) mass is 263 g/mol. The van der Waals surface area contributed by atoms with E-state index in [1.807, 2.05) is 6.92 Å². The van der Waals surface area contributed by atoms with Crippen molar-refractivity contribution in [2.75, 3.05) is 12.3 Å². The van der Waals surface area contributed by atoms with E-state index in [0.717, 1.165) is 5.92 Å². The third kappa shape index (κ3) is 5.36. The van der Waals surface area contributed by atoms with Gasteiger partial charge in [0.1, 0.15) is 0 Å². The van der Waals surface area contributed by atoms with E-state index in [9.17, 15) is 8.42 Å². The fraction of sp³-hybridized carbons (Fsp3) is 1.00. The molecule has 0 radical (unpaired) electrons. The predicted octanol–water partition coefficient (Wildman–Crippen LogP) is 1.92. The van der Waals surface area contributed by atoms with Crippen molar-refractivity contribution in [1.29, 1.82) is 0 Å². The van der Waals surface area contributed by atoms with E-state index in [1.54, 1.807) is 0 Å². The first-order chi connectivity index (χ1) is 7.79. The molecule has 17 heavy (non-hydrogen) atoms. The Hall–Kier alpha value is -0.130. The Morgan fingerprint density at radius 1 is 1.35 bits per heavy atom. The molecule has 0 aromatic rings. The number of rotatable bonds is 5. The third-order valence-electron chi connectivity index (χ3n) is 3.93. The van der Waals surface area contributed by atoms with Gasteiger partial charge in [0, 0.05) is 6.04 Å². The molecule has 1 aliphatic rings. The van der Waals surface area contributed by atoms with Gasteiger partial charge >= 0.3 is 0 Å². The number of nitrogens with one attached hydrogen (secondary N) is 1. The molecule has 4 unspecified atom stereocenters. The van der Waals surface area contributed by atoms with Crippen molar-refractivity contribution >= 4 is 10.1 Å². The fourth-order valence-electron chi connectivity index (χ4n) is 2.64. The maximum Gasteiger partial charge on any atom is 0.265 e. The molecule has 4 atom stereocenters. The van der Waals surface area contributed by atoms with Gasteiger partial charge in [0.05, 0.1) is 5.75 Å². The second-order valence-electron chi connectivity index (χ2n) is 5.64. The summed E-state index contributed by atoms with van der Waals surface area (Å²) in [4.78, 5) is 0. The molecule has 1 saturated carbocycles. The summed E-state index contributed by atoms with van der Waals surface area (Å²) in [7, 11) is -3.84. The van der Waals surface area contributed by atoms with Crippen LogP contribution in [-0.4, -0.2) is 31.3 Å². The van der Waals surface area contributed by atoms with Crippen molar-refractivity contribution in [2.24, 2.45) is 17.8 Å². The smallest absolute Gasteiger partial charge is 0.265 e. The highest BCUT2D eigenvalue weighted by atomic mass is 32.2. The van der Waals surface area contributed by atoms with E-state index < -0.39 is 10.1 Å². The molecule has 0 amide bonds. The lowest BCUT2D eigenvalue weighted by Crippen LogP contribution is -2.43. The third-order valence-corrected chi connectivity index (χ3v) is 4.92. The zero-order valence-electron chi connectivity index (χ0n) is 11.0. The molecule has 0 spiro atoms. The molecule has 1 fully saturated rings. The van der Waals surface area contributed by atoms with Crippen molar-refractivity contribution in [3.05, 3.63) is 0 Å². The predicted molar refractivity (Wildman–Crippen MR) is 69.5 cm³/mol. The van der Waals surface area contributed by atoms with Crippen LogP contribution < -0.4 is 5.32 Å². The standard InChI is InChI=1S/C12H25NO3S/c1-9(8-17(14,15)16)7-13-12-6-4-5-10(2)11(12)3/h9-13H,4-8H2,1-3H3,(H,14,15,16). The highest BCUT2D eigenvalue weighted by Crippen LogP contribution is 2.29. The normalized spacial score (nSPS) is 32.4. The summed E-state index contributed by atoms with van der Waals surface area (Å²) in [5, 5.41) is 3.45. The van der Waals surface area contributed by atoms with Crippen LogP contribution in [0.15, 0.2) is 0 Å². The Bertz CT molecular complexity index is 329. The SMILES string of the molecule is CC(CNC1CCCC(C)C1C)CS(=O)(=O)O. The second kappa shape index (κ2) is 6.16. The van der Waals surface area contributed by atoms with Crippen molar-refractivity contribution < 1.29 is 13.0 Å². The highest BCUT2D eigenvalue weighted by molar-refractivity contribution is 7.85. The molecule has 1 aliphatic carbocycles. The molecule has 0 aliphatic heterocycles. The van der Waals surface area contributed by atoms with Crippen molar-refractivity contribution in [2.45, 2.75) is 46.1 Å². The molecule has 0 aromatic carbocycles. The summed E-state index contributed by atoms with van der Waals surface area (Å²) in [5.41, 5.74) is 0. The van der Waals surface area contributed by atoms with Crippen LogP contribution in [0.25, 0.3) is 0 Å². The fourth-order valence-corrected chi connectivity index (χ4v) is 3.48. The van der Waals surface area contributed by atoms with Gasteiger partial charge in [-0.25, -0.2) is 0 Å². The van der Waals surface area contributed by atoms with Gasteiger partial charge in [-0.1, -0.05) is 33.6 Å². The summed E-state index contributed by atoms with van der Waals surface area (Å²) in [6.45, 7) is 7.04. The molecule has 0 saturated heterocycles. The van der Waals surface area contributed by atoms with E-state index in [1.165, 1.54) is 19.3 Å². The summed E-state index contributed by atoms with van der Waals surface area (Å²) in [6, 6.07) is 0.489. The lowest BCUT2D eigenvalue weighted by molar-refractivity contribution is 0.203. The van der Waals surface area contributed by atoms with Crippen LogP contribution in [0.2, 0.25) is 0 Å². The Balaban J connectivity index is 2.34. The molecular weight excluding hydrogens is 238 g/mol. The molecule has 4 nitrogen and oxygen atoms in total. The summed E-state index contributed by atoms with van der Waals surface area (Å²) in [5.74, 6) is 1.17. The number of hydrogen-bond donors (Lipinski definition) is 2. The summed E-state index contributed by atoms with van der Waals surface area (Å²) in [6.07, 6.45) is 3.71. The Kier molecular flexibility index (Phi) is 5.41. The Morgan fingerprint density at radius 3 is 2.59 bits per heavy atom. The summed E-state index contributed by atoms with van der Waals surface area (Å²) < 4.78 is 30.2. The molecule has 1 rings (SSSR count). The first-order valence-electron chi connectivity index (χ1n) is 6.48. The van der Waals surface area contributed by atoms with Gasteiger partial charge in [-0.15, -0.1) is 0 Å². The van der Waals surface area contributed by atoms with Gasteiger partial charge in [-0.2, -0.15) is 8.42 Å². The Labute approximate surface area is 105 Å². The van der Waals surface area contributed by atoms with E-state index >= 15 is 0 Å². The zero-order valence-corrected chi connectivity index (χ0v) is 11.8. The molecule has 102 valence electrons. The van der Waals surface area contributed by atoms with E-state index in [-0.39, 0.29) is 11.7 Å². The van der Waals surface area contributed by atoms with Crippen LogP contribution in [0.5, 0.6) is 0 Å². The topological polar surface area (TPSA) is 66.4 Å². The van der Waals surface area contributed by atoms with Crippen LogP contribution in [0, 0.1) is 17.8 Å². The lowest BCUT2D eigenvalue weighted by atomic mass is 9.78. The first-order valence-corrected chi connectivity index (χ1v) is 8.09. The molecule has 0 aromatic heterocycles. The average Bonchev–Trinajstić information content (AvgIpc) is 2.18. The maximum absolute atomic E-state index is 10.7. The van der Waals surface area contributed by atoms with E-state index in [0.29, 0.717) is 18.5 Å². The van der Waals surface area contributed by atoms with Crippen LogP contribution >= 0.6 is 0 Å². The first kappa shape index (κ1) is 14.9. The zero-order chi connectivity index (χ0) is 13.1. The largest absolute Gasteiger partial charge is 0.313 e.